The number of halogens is 2. The molecule has 12 heteroatoms. The summed E-state index contributed by atoms with van der Waals surface area (Å²) in [6.07, 6.45) is -0.120. The van der Waals surface area contributed by atoms with Crippen LogP contribution in [-0.2, 0) is 38.7 Å². The molecule has 23 heavy (non-hydrogen) atoms. The van der Waals surface area contributed by atoms with Crippen molar-refractivity contribution >= 4 is 28.0 Å². The first-order valence-electron chi connectivity index (χ1n) is 6.42. The molecule has 9 nitrogen and oxygen atoms in total. The van der Waals surface area contributed by atoms with Gasteiger partial charge in [0, 0.05) is 6.42 Å². The Kier molecular flexibility index (Phi) is 4.57. The van der Waals surface area contributed by atoms with Crippen LogP contribution in [0.4, 0.5) is 8.78 Å². The molecule has 0 amide bonds. The molecule has 1 N–H and O–H groups in total. The summed E-state index contributed by atoms with van der Waals surface area (Å²) < 4.78 is 68.2. The minimum absolute atomic E-state index is 0.205. The molecule has 2 fully saturated rings. The second kappa shape index (κ2) is 6.00. The first-order chi connectivity index (χ1) is 10.5. The molecule has 0 aromatic heterocycles. The third-order valence-corrected chi connectivity index (χ3v) is 4.23. The highest BCUT2D eigenvalue weighted by Gasteiger charge is 2.54. The van der Waals surface area contributed by atoms with Gasteiger partial charge in [0.05, 0.1) is 5.92 Å². The van der Waals surface area contributed by atoms with Gasteiger partial charge in [0.15, 0.2) is 6.61 Å². The van der Waals surface area contributed by atoms with Crippen molar-refractivity contribution in [3.8, 4) is 0 Å². The van der Waals surface area contributed by atoms with E-state index < -0.39 is 51.9 Å². The smallest absolute Gasteiger partial charge is 0.462 e. The maximum Gasteiger partial charge on any atom is 0.465 e. The predicted octanol–water partition coefficient (Wildman–Crippen LogP) is -0.352. The van der Waals surface area contributed by atoms with E-state index >= 15 is 0 Å². The quantitative estimate of drug-likeness (QED) is 0.397. The number of hydrogen-bond donors (Lipinski definition) is 1. The SMILES string of the molecule is O=C(COC(=O)C(F)(F)S(=O)(=O)O)OC1CC2CC(C1)C(=O)O2. The van der Waals surface area contributed by atoms with Gasteiger partial charge < -0.3 is 14.2 Å². The highest BCUT2D eigenvalue weighted by atomic mass is 32.2. The van der Waals surface area contributed by atoms with Crippen molar-refractivity contribution in [2.45, 2.75) is 36.7 Å². The van der Waals surface area contributed by atoms with E-state index in [4.69, 9.17) is 14.0 Å². The maximum absolute atomic E-state index is 12.9. The summed E-state index contributed by atoms with van der Waals surface area (Å²) in [5.41, 5.74) is 0. The third kappa shape index (κ3) is 3.75. The van der Waals surface area contributed by atoms with Gasteiger partial charge >= 0.3 is 33.3 Å². The normalized spacial score (nSPS) is 27.3. The zero-order chi connectivity index (χ0) is 17.4. The Morgan fingerprint density at radius 1 is 1.30 bits per heavy atom. The van der Waals surface area contributed by atoms with E-state index in [-0.39, 0.29) is 18.9 Å². The van der Waals surface area contributed by atoms with E-state index in [2.05, 4.69) is 4.74 Å². The topological polar surface area (TPSA) is 133 Å². The van der Waals surface area contributed by atoms with Gasteiger partial charge in [0.1, 0.15) is 12.2 Å². The first-order valence-corrected chi connectivity index (χ1v) is 7.86. The standard InChI is InChI=1S/C11H12F2O9S/c12-11(13,23(17,18)19)10(16)20-4-8(14)21-6-1-5-2-7(3-6)22-9(5)15/h5-7H,1-4H2,(H,17,18,19). The van der Waals surface area contributed by atoms with Crippen molar-refractivity contribution in [3.05, 3.63) is 0 Å². The molecule has 2 bridgehead atoms. The zero-order valence-corrected chi connectivity index (χ0v) is 12.3. The van der Waals surface area contributed by atoms with Crippen molar-refractivity contribution < 1.29 is 50.3 Å². The van der Waals surface area contributed by atoms with Crippen LogP contribution in [-0.4, -0.2) is 54.9 Å². The summed E-state index contributed by atoms with van der Waals surface area (Å²) in [6, 6.07) is 0. The number of carbonyl (C=O) groups excluding carboxylic acids is 3. The van der Waals surface area contributed by atoms with Gasteiger partial charge in [-0.05, 0) is 12.8 Å². The molecular formula is C11H12F2O9S. The average Bonchev–Trinajstić information content (AvgIpc) is 2.68. The number of hydrogen-bond acceptors (Lipinski definition) is 8. The van der Waals surface area contributed by atoms with Gasteiger partial charge in [0.2, 0.25) is 0 Å². The summed E-state index contributed by atoms with van der Waals surface area (Å²) in [7, 11) is -6.00. The number of alkyl halides is 2. The third-order valence-electron chi connectivity index (χ3n) is 3.42. The van der Waals surface area contributed by atoms with Crippen LogP contribution in [0.5, 0.6) is 0 Å². The molecule has 1 aliphatic heterocycles. The second-order valence-corrected chi connectivity index (χ2v) is 6.61. The molecule has 0 spiro atoms. The van der Waals surface area contributed by atoms with Crippen LogP contribution in [0.25, 0.3) is 0 Å². The highest BCUT2D eigenvalue weighted by molar-refractivity contribution is 7.87. The fourth-order valence-electron chi connectivity index (χ4n) is 2.40. The van der Waals surface area contributed by atoms with Crippen LogP contribution in [0.15, 0.2) is 0 Å². The Bertz CT molecular complexity index is 629. The summed E-state index contributed by atoms with van der Waals surface area (Å²) >= 11 is 0. The molecule has 0 radical (unpaired) electrons. The van der Waals surface area contributed by atoms with E-state index in [1.54, 1.807) is 0 Å². The minimum Gasteiger partial charge on any atom is -0.462 e. The van der Waals surface area contributed by atoms with Crippen molar-refractivity contribution in [2.24, 2.45) is 5.92 Å². The maximum atomic E-state index is 12.9. The minimum atomic E-state index is -6.00. The molecule has 3 unspecified atom stereocenters. The van der Waals surface area contributed by atoms with E-state index in [0.717, 1.165) is 0 Å². The lowest BCUT2D eigenvalue weighted by Crippen LogP contribution is -2.40. The van der Waals surface area contributed by atoms with Gasteiger partial charge in [-0.25, -0.2) is 9.59 Å². The molecule has 130 valence electrons. The van der Waals surface area contributed by atoms with E-state index in [1.165, 1.54) is 0 Å². The number of ether oxygens (including phenoxy) is 3. The Labute approximate surface area is 128 Å². The Balaban J connectivity index is 1.82. The van der Waals surface area contributed by atoms with Gasteiger partial charge in [-0.15, -0.1) is 0 Å². The van der Waals surface area contributed by atoms with Crippen LogP contribution >= 0.6 is 0 Å². The van der Waals surface area contributed by atoms with Gasteiger partial charge in [-0.2, -0.15) is 17.2 Å². The van der Waals surface area contributed by atoms with Crippen molar-refractivity contribution in [2.75, 3.05) is 6.61 Å². The fraction of sp³-hybridized carbons (Fsp3) is 0.727. The Morgan fingerprint density at radius 2 is 1.96 bits per heavy atom. The van der Waals surface area contributed by atoms with Crippen LogP contribution in [0.3, 0.4) is 0 Å². The molecular weight excluding hydrogens is 346 g/mol. The molecule has 1 saturated carbocycles. The van der Waals surface area contributed by atoms with Crippen LogP contribution in [0, 0.1) is 5.92 Å². The molecule has 2 rings (SSSR count). The summed E-state index contributed by atoms with van der Waals surface area (Å²) in [5, 5.41) is -5.18. The van der Waals surface area contributed by atoms with E-state index in [1.807, 2.05) is 0 Å². The monoisotopic (exact) mass is 358 g/mol. The Hall–Kier alpha value is -1.82. The number of rotatable bonds is 5. The molecule has 0 aromatic carbocycles. The van der Waals surface area contributed by atoms with Crippen LogP contribution in [0.1, 0.15) is 19.3 Å². The van der Waals surface area contributed by atoms with Crippen molar-refractivity contribution in [3.63, 3.8) is 0 Å². The van der Waals surface area contributed by atoms with Gasteiger partial charge in [0.25, 0.3) is 0 Å². The van der Waals surface area contributed by atoms with Gasteiger partial charge in [-0.3, -0.25) is 9.35 Å². The molecule has 1 heterocycles. The lowest BCUT2D eigenvalue weighted by Gasteiger charge is -2.24. The summed E-state index contributed by atoms with van der Waals surface area (Å²) in [6.45, 7) is -1.26. The second-order valence-electron chi connectivity index (χ2n) is 5.14. The number of fused-ring (bicyclic) bond motifs is 2. The zero-order valence-electron chi connectivity index (χ0n) is 11.4. The predicted molar refractivity (Wildman–Crippen MR) is 64.6 cm³/mol. The van der Waals surface area contributed by atoms with E-state index in [0.29, 0.717) is 6.42 Å². The summed E-state index contributed by atoms with van der Waals surface area (Å²) in [5.74, 6) is -4.59. The molecule has 0 aromatic rings. The largest absolute Gasteiger partial charge is 0.465 e. The average molecular weight is 358 g/mol. The first kappa shape index (κ1) is 17.5. The highest BCUT2D eigenvalue weighted by Crippen LogP contribution is 2.35. The molecule has 3 atom stereocenters. The number of carbonyl (C=O) groups is 3. The molecule has 1 aliphatic carbocycles. The van der Waals surface area contributed by atoms with Crippen molar-refractivity contribution in [1.82, 2.24) is 0 Å². The Morgan fingerprint density at radius 3 is 2.52 bits per heavy atom. The number of esters is 3. The lowest BCUT2D eigenvalue weighted by atomic mass is 9.88. The molecule has 2 aliphatic rings. The van der Waals surface area contributed by atoms with Crippen molar-refractivity contribution in [1.29, 1.82) is 0 Å². The lowest BCUT2D eigenvalue weighted by molar-refractivity contribution is -0.172. The summed E-state index contributed by atoms with van der Waals surface area (Å²) in [4.78, 5) is 33.6. The van der Waals surface area contributed by atoms with Crippen LogP contribution < -0.4 is 0 Å². The van der Waals surface area contributed by atoms with Crippen LogP contribution in [0.2, 0.25) is 0 Å². The fourth-order valence-corrected chi connectivity index (χ4v) is 2.67. The molecule has 1 saturated heterocycles. The van der Waals surface area contributed by atoms with E-state index in [9.17, 15) is 31.6 Å². The van der Waals surface area contributed by atoms with Gasteiger partial charge in [-0.1, -0.05) is 0 Å².